The van der Waals surface area contributed by atoms with E-state index in [0.29, 0.717) is 54.3 Å². The number of fused-ring (bicyclic) bond motifs is 1. The number of halogens is 3. The minimum absolute atomic E-state index is 0.124. The van der Waals surface area contributed by atoms with E-state index in [1.165, 1.54) is 15.9 Å². The Labute approximate surface area is 282 Å². The standard InChI is InChI=1S/C33H29Cl2IN2O5S/c1-5-41-32(40)28-19(4)37-33-38(29(28)23-8-6-7-9-26(23)43-18(2)3)31(39)27(44-33)16-21-14-24(34)30(25(35)15-21)42-17-20-10-12-22(36)13-11-20/h6-16,18,29H,5,17H2,1-4H3/b27-16+/t29-/m0/s1. The minimum Gasteiger partial charge on any atom is -0.491 e. The average Bonchev–Trinajstić information content (AvgIpc) is 3.26. The van der Waals surface area contributed by atoms with Gasteiger partial charge in [-0.1, -0.05) is 64.9 Å². The predicted molar refractivity (Wildman–Crippen MR) is 183 cm³/mol. The van der Waals surface area contributed by atoms with E-state index in [1.807, 2.05) is 62.4 Å². The molecule has 1 aliphatic rings. The Balaban J connectivity index is 1.58. The molecular weight excluding hydrogens is 734 g/mol. The van der Waals surface area contributed by atoms with Crippen LogP contribution in [0.2, 0.25) is 10.0 Å². The van der Waals surface area contributed by atoms with Crippen molar-refractivity contribution in [1.29, 1.82) is 0 Å². The summed E-state index contributed by atoms with van der Waals surface area (Å²) in [6.45, 7) is 7.81. The van der Waals surface area contributed by atoms with E-state index in [0.717, 1.165) is 9.13 Å². The first kappa shape index (κ1) is 32.3. The van der Waals surface area contributed by atoms with Gasteiger partial charge in [-0.3, -0.25) is 9.36 Å². The number of aromatic nitrogens is 1. The molecule has 7 nitrogen and oxygen atoms in total. The molecule has 3 aromatic carbocycles. The molecular formula is C33H29Cl2IN2O5S. The van der Waals surface area contributed by atoms with Gasteiger partial charge in [-0.05, 0) is 97.8 Å². The van der Waals surface area contributed by atoms with E-state index in [4.69, 9.17) is 37.4 Å². The number of carbonyl (C=O) groups excluding carboxylic acids is 1. The molecule has 5 rings (SSSR count). The van der Waals surface area contributed by atoms with Gasteiger partial charge >= 0.3 is 5.97 Å². The molecule has 1 aromatic heterocycles. The molecule has 0 spiro atoms. The van der Waals surface area contributed by atoms with E-state index in [2.05, 4.69) is 27.6 Å². The van der Waals surface area contributed by atoms with Crippen molar-refractivity contribution in [1.82, 2.24) is 4.57 Å². The maximum absolute atomic E-state index is 14.1. The number of benzene rings is 3. The summed E-state index contributed by atoms with van der Waals surface area (Å²) in [5, 5.41) is 0.639. The van der Waals surface area contributed by atoms with E-state index in [-0.39, 0.29) is 23.8 Å². The Kier molecular flexibility index (Phi) is 10.2. The van der Waals surface area contributed by atoms with Crippen LogP contribution >= 0.6 is 57.1 Å². The second-order valence-electron chi connectivity index (χ2n) is 10.2. The van der Waals surface area contributed by atoms with Gasteiger partial charge in [-0.15, -0.1) is 0 Å². The van der Waals surface area contributed by atoms with Crippen molar-refractivity contribution in [2.75, 3.05) is 6.61 Å². The molecule has 228 valence electrons. The zero-order valence-corrected chi connectivity index (χ0v) is 28.9. The number of rotatable bonds is 9. The molecule has 4 aromatic rings. The summed E-state index contributed by atoms with van der Waals surface area (Å²) in [5.74, 6) is 0.395. The minimum atomic E-state index is -0.799. The Hall–Kier alpha value is -3.12. The van der Waals surface area contributed by atoms with Crippen LogP contribution in [0.1, 0.15) is 50.4 Å². The maximum Gasteiger partial charge on any atom is 0.338 e. The van der Waals surface area contributed by atoms with Crippen LogP contribution in [0.3, 0.4) is 0 Å². The fourth-order valence-electron chi connectivity index (χ4n) is 4.84. The van der Waals surface area contributed by atoms with Crippen molar-refractivity contribution in [3.05, 3.63) is 122 Å². The fraction of sp³-hybridized carbons (Fsp3) is 0.242. The summed E-state index contributed by atoms with van der Waals surface area (Å²) in [4.78, 5) is 32.4. The van der Waals surface area contributed by atoms with Crippen molar-refractivity contribution in [2.24, 2.45) is 4.99 Å². The van der Waals surface area contributed by atoms with Crippen LogP contribution in [0.5, 0.6) is 11.5 Å². The number of esters is 1. The van der Waals surface area contributed by atoms with Crippen LogP contribution < -0.4 is 24.4 Å². The van der Waals surface area contributed by atoms with Gasteiger partial charge in [0.25, 0.3) is 5.56 Å². The maximum atomic E-state index is 14.1. The highest BCUT2D eigenvalue weighted by molar-refractivity contribution is 14.1. The van der Waals surface area contributed by atoms with Crippen molar-refractivity contribution in [3.8, 4) is 11.5 Å². The molecule has 0 saturated carbocycles. The summed E-state index contributed by atoms with van der Waals surface area (Å²) in [6, 6.07) is 17.9. The number of thiazole rings is 1. The molecule has 0 fully saturated rings. The first-order valence-electron chi connectivity index (χ1n) is 13.9. The summed E-state index contributed by atoms with van der Waals surface area (Å²) in [5.41, 5.74) is 2.70. The van der Waals surface area contributed by atoms with Gasteiger partial charge in [0.05, 0.1) is 38.6 Å². The van der Waals surface area contributed by atoms with E-state index in [1.54, 1.807) is 32.1 Å². The molecule has 0 N–H and O–H groups in total. The van der Waals surface area contributed by atoms with Gasteiger partial charge in [0.2, 0.25) is 0 Å². The van der Waals surface area contributed by atoms with Crippen LogP contribution in [0.4, 0.5) is 0 Å². The number of hydrogen-bond donors (Lipinski definition) is 0. The largest absolute Gasteiger partial charge is 0.491 e. The fourth-order valence-corrected chi connectivity index (χ4v) is 6.86. The quantitative estimate of drug-likeness (QED) is 0.135. The lowest BCUT2D eigenvalue weighted by molar-refractivity contribution is -0.139. The first-order valence-corrected chi connectivity index (χ1v) is 16.5. The zero-order chi connectivity index (χ0) is 31.5. The summed E-state index contributed by atoms with van der Waals surface area (Å²) in [6.07, 6.45) is 1.59. The lowest BCUT2D eigenvalue weighted by Gasteiger charge is -2.26. The van der Waals surface area contributed by atoms with Gasteiger partial charge in [0.15, 0.2) is 10.6 Å². The molecule has 0 saturated heterocycles. The summed E-state index contributed by atoms with van der Waals surface area (Å²) >= 11 is 16.7. The smallest absolute Gasteiger partial charge is 0.338 e. The Morgan fingerprint density at radius 2 is 1.80 bits per heavy atom. The lowest BCUT2D eigenvalue weighted by atomic mass is 9.95. The normalized spacial score (nSPS) is 14.8. The number of para-hydroxylation sites is 1. The Morgan fingerprint density at radius 1 is 1.11 bits per heavy atom. The molecule has 1 atom stereocenters. The Morgan fingerprint density at radius 3 is 2.45 bits per heavy atom. The Bertz CT molecular complexity index is 1910. The molecule has 2 heterocycles. The SMILES string of the molecule is CCOC(=O)C1=C(C)N=c2s/c(=C/c3cc(Cl)c(OCc4ccc(I)cc4)c(Cl)c3)c(=O)n2[C@H]1c1ccccc1OC(C)C. The molecule has 0 aliphatic carbocycles. The van der Waals surface area contributed by atoms with Crippen molar-refractivity contribution < 1.29 is 19.0 Å². The molecule has 1 aliphatic heterocycles. The van der Waals surface area contributed by atoms with Crippen LogP contribution in [0.15, 0.2) is 81.7 Å². The number of ether oxygens (including phenoxy) is 3. The molecule has 0 amide bonds. The van der Waals surface area contributed by atoms with Gasteiger partial charge in [0.1, 0.15) is 18.4 Å². The third-order valence-electron chi connectivity index (χ3n) is 6.71. The van der Waals surface area contributed by atoms with Crippen LogP contribution in [-0.4, -0.2) is 23.2 Å². The van der Waals surface area contributed by atoms with Crippen LogP contribution in [0, 0.1) is 3.57 Å². The summed E-state index contributed by atoms with van der Waals surface area (Å²) in [7, 11) is 0. The topological polar surface area (TPSA) is 79.1 Å². The highest BCUT2D eigenvalue weighted by atomic mass is 127. The lowest BCUT2D eigenvalue weighted by Crippen LogP contribution is -2.40. The number of carbonyl (C=O) groups is 1. The van der Waals surface area contributed by atoms with Crippen LogP contribution in [-0.2, 0) is 16.1 Å². The number of nitrogens with zero attached hydrogens (tertiary/aromatic N) is 2. The predicted octanol–water partition coefficient (Wildman–Crippen LogP) is 7.08. The second-order valence-corrected chi connectivity index (χ2v) is 13.3. The van der Waals surface area contributed by atoms with E-state index < -0.39 is 12.0 Å². The summed E-state index contributed by atoms with van der Waals surface area (Å²) < 4.78 is 20.5. The van der Waals surface area contributed by atoms with Crippen molar-refractivity contribution in [2.45, 2.75) is 46.4 Å². The highest BCUT2D eigenvalue weighted by Gasteiger charge is 2.35. The first-order chi connectivity index (χ1) is 21.1. The third-order valence-corrected chi connectivity index (χ3v) is 8.97. The monoisotopic (exact) mass is 762 g/mol. The number of allylic oxidation sites excluding steroid dienone is 1. The molecule has 0 bridgehead atoms. The van der Waals surface area contributed by atoms with Crippen molar-refractivity contribution >= 4 is 69.2 Å². The van der Waals surface area contributed by atoms with Gasteiger partial charge in [-0.2, -0.15) is 0 Å². The van der Waals surface area contributed by atoms with E-state index >= 15 is 0 Å². The highest BCUT2D eigenvalue weighted by Crippen LogP contribution is 2.37. The molecule has 0 unspecified atom stereocenters. The van der Waals surface area contributed by atoms with Gasteiger partial charge < -0.3 is 14.2 Å². The van der Waals surface area contributed by atoms with Gasteiger partial charge in [0, 0.05) is 9.13 Å². The van der Waals surface area contributed by atoms with Gasteiger partial charge in [-0.25, -0.2) is 9.79 Å². The average molecular weight is 763 g/mol. The van der Waals surface area contributed by atoms with Crippen LogP contribution in [0.25, 0.3) is 6.08 Å². The molecule has 11 heteroatoms. The molecule has 0 radical (unpaired) electrons. The van der Waals surface area contributed by atoms with Crippen molar-refractivity contribution in [3.63, 3.8) is 0 Å². The molecule has 44 heavy (non-hydrogen) atoms. The second kappa shape index (κ2) is 13.9. The number of hydrogen-bond acceptors (Lipinski definition) is 7. The third kappa shape index (κ3) is 6.91. The van der Waals surface area contributed by atoms with E-state index in [9.17, 15) is 9.59 Å². The zero-order valence-electron chi connectivity index (χ0n) is 24.4.